The maximum atomic E-state index is 13.0. The summed E-state index contributed by atoms with van der Waals surface area (Å²) in [6.07, 6.45) is 5.09. The van der Waals surface area contributed by atoms with Crippen molar-refractivity contribution >= 4 is 0 Å². The molecule has 1 fully saturated rings. The molecule has 1 aliphatic carbocycles. The molecular weight excluding hydrogens is 241 g/mol. The van der Waals surface area contributed by atoms with Gasteiger partial charge in [0.1, 0.15) is 11.6 Å². The van der Waals surface area contributed by atoms with Gasteiger partial charge in [-0.25, -0.2) is 4.39 Å². The number of rotatable bonds is 6. The Kier molecular flexibility index (Phi) is 3.65. The predicted octanol–water partition coefficient (Wildman–Crippen LogP) is 3.50. The minimum absolute atomic E-state index is 0.185. The normalized spacial score (nSPS) is 16.5. The SMILES string of the molecule is Fc1ccc(C(CNC2CC2)Cc2ccco2)cc1. The van der Waals surface area contributed by atoms with E-state index in [-0.39, 0.29) is 5.82 Å². The molecule has 0 bridgehead atoms. The van der Waals surface area contributed by atoms with E-state index in [1.54, 1.807) is 6.26 Å². The zero-order valence-corrected chi connectivity index (χ0v) is 10.8. The molecule has 1 atom stereocenters. The van der Waals surface area contributed by atoms with Crippen molar-refractivity contribution in [2.75, 3.05) is 6.54 Å². The van der Waals surface area contributed by atoms with Crippen LogP contribution in [-0.4, -0.2) is 12.6 Å². The summed E-state index contributed by atoms with van der Waals surface area (Å²) in [6, 6.07) is 11.4. The molecule has 0 spiro atoms. The molecule has 1 aromatic carbocycles. The first-order valence-electron chi connectivity index (χ1n) is 6.82. The molecule has 100 valence electrons. The lowest BCUT2D eigenvalue weighted by Crippen LogP contribution is -2.24. The second-order valence-electron chi connectivity index (χ2n) is 5.21. The topological polar surface area (TPSA) is 25.2 Å². The quantitative estimate of drug-likeness (QED) is 0.859. The first-order chi connectivity index (χ1) is 9.31. The van der Waals surface area contributed by atoms with Gasteiger partial charge in [-0.3, -0.25) is 0 Å². The highest BCUT2D eigenvalue weighted by Crippen LogP contribution is 2.24. The molecule has 3 heteroatoms. The number of hydrogen-bond acceptors (Lipinski definition) is 2. The Bertz CT molecular complexity index is 502. The third-order valence-corrected chi connectivity index (χ3v) is 3.60. The van der Waals surface area contributed by atoms with Crippen LogP contribution in [0.15, 0.2) is 47.1 Å². The van der Waals surface area contributed by atoms with Crippen LogP contribution in [0.3, 0.4) is 0 Å². The third-order valence-electron chi connectivity index (χ3n) is 3.60. The maximum absolute atomic E-state index is 13.0. The molecule has 0 amide bonds. The van der Waals surface area contributed by atoms with Crippen LogP contribution in [0.25, 0.3) is 0 Å². The average Bonchev–Trinajstić information content (AvgIpc) is 3.11. The summed E-state index contributed by atoms with van der Waals surface area (Å²) in [5, 5.41) is 3.55. The Morgan fingerprint density at radius 2 is 2.00 bits per heavy atom. The smallest absolute Gasteiger partial charge is 0.123 e. The average molecular weight is 259 g/mol. The molecule has 1 unspecified atom stereocenters. The van der Waals surface area contributed by atoms with Gasteiger partial charge in [0.25, 0.3) is 0 Å². The van der Waals surface area contributed by atoms with E-state index < -0.39 is 0 Å². The lowest BCUT2D eigenvalue weighted by Gasteiger charge is -2.17. The second-order valence-corrected chi connectivity index (χ2v) is 5.21. The lowest BCUT2D eigenvalue weighted by molar-refractivity contribution is 0.472. The minimum atomic E-state index is -0.185. The van der Waals surface area contributed by atoms with Gasteiger partial charge in [-0.05, 0) is 42.7 Å². The van der Waals surface area contributed by atoms with Crippen molar-refractivity contribution in [2.45, 2.75) is 31.2 Å². The van der Waals surface area contributed by atoms with Gasteiger partial charge in [-0.1, -0.05) is 12.1 Å². The van der Waals surface area contributed by atoms with Gasteiger partial charge in [-0.15, -0.1) is 0 Å². The fraction of sp³-hybridized carbons (Fsp3) is 0.375. The molecule has 2 aromatic rings. The fourth-order valence-electron chi connectivity index (χ4n) is 2.31. The van der Waals surface area contributed by atoms with Gasteiger partial charge in [0, 0.05) is 24.9 Å². The van der Waals surface area contributed by atoms with Gasteiger partial charge in [0.05, 0.1) is 6.26 Å². The highest BCUT2D eigenvalue weighted by atomic mass is 19.1. The van der Waals surface area contributed by atoms with Gasteiger partial charge in [0.15, 0.2) is 0 Å². The van der Waals surface area contributed by atoms with E-state index in [0.717, 1.165) is 24.3 Å². The standard InChI is InChI=1S/C16H18FNO/c17-14-5-3-12(4-6-14)13(11-18-15-7-8-15)10-16-2-1-9-19-16/h1-6,9,13,15,18H,7-8,10-11H2. The Morgan fingerprint density at radius 3 is 2.63 bits per heavy atom. The van der Waals surface area contributed by atoms with Crippen molar-refractivity contribution in [2.24, 2.45) is 0 Å². The Morgan fingerprint density at radius 1 is 1.21 bits per heavy atom. The lowest BCUT2D eigenvalue weighted by atomic mass is 9.94. The molecule has 1 aromatic heterocycles. The minimum Gasteiger partial charge on any atom is -0.469 e. The van der Waals surface area contributed by atoms with E-state index in [4.69, 9.17) is 4.42 Å². The summed E-state index contributed by atoms with van der Waals surface area (Å²) < 4.78 is 18.4. The van der Waals surface area contributed by atoms with Crippen LogP contribution in [0.1, 0.15) is 30.1 Å². The maximum Gasteiger partial charge on any atom is 0.123 e. The van der Waals surface area contributed by atoms with E-state index in [9.17, 15) is 4.39 Å². The molecule has 0 radical (unpaired) electrons. The highest BCUT2D eigenvalue weighted by Gasteiger charge is 2.23. The first-order valence-corrected chi connectivity index (χ1v) is 6.82. The molecule has 19 heavy (non-hydrogen) atoms. The molecule has 3 rings (SSSR count). The number of halogens is 1. The first kappa shape index (κ1) is 12.4. The fourth-order valence-corrected chi connectivity index (χ4v) is 2.31. The Labute approximate surface area is 112 Å². The van der Waals surface area contributed by atoms with Crippen LogP contribution in [0.5, 0.6) is 0 Å². The molecule has 0 saturated heterocycles. The van der Waals surface area contributed by atoms with Gasteiger partial charge >= 0.3 is 0 Å². The van der Waals surface area contributed by atoms with Crippen LogP contribution in [0.2, 0.25) is 0 Å². The highest BCUT2D eigenvalue weighted by molar-refractivity contribution is 5.22. The number of benzene rings is 1. The van der Waals surface area contributed by atoms with Gasteiger partial charge < -0.3 is 9.73 Å². The van der Waals surface area contributed by atoms with Crippen molar-refractivity contribution in [3.8, 4) is 0 Å². The summed E-state index contributed by atoms with van der Waals surface area (Å²) in [7, 11) is 0. The summed E-state index contributed by atoms with van der Waals surface area (Å²) >= 11 is 0. The van der Waals surface area contributed by atoms with Crippen molar-refractivity contribution in [3.05, 3.63) is 59.8 Å². The Balaban J connectivity index is 1.71. The second kappa shape index (κ2) is 5.57. The molecule has 1 aliphatic rings. The zero-order valence-electron chi connectivity index (χ0n) is 10.8. The molecule has 1 saturated carbocycles. The van der Waals surface area contributed by atoms with Crippen LogP contribution in [-0.2, 0) is 6.42 Å². The number of furan rings is 1. The third kappa shape index (κ3) is 3.44. The van der Waals surface area contributed by atoms with Crippen molar-refractivity contribution < 1.29 is 8.81 Å². The van der Waals surface area contributed by atoms with Crippen LogP contribution >= 0.6 is 0 Å². The number of hydrogen-bond donors (Lipinski definition) is 1. The monoisotopic (exact) mass is 259 g/mol. The summed E-state index contributed by atoms with van der Waals surface area (Å²) in [5.41, 5.74) is 1.16. The summed E-state index contributed by atoms with van der Waals surface area (Å²) in [4.78, 5) is 0. The van der Waals surface area contributed by atoms with E-state index in [1.165, 1.54) is 25.0 Å². The van der Waals surface area contributed by atoms with E-state index in [1.807, 2.05) is 24.3 Å². The van der Waals surface area contributed by atoms with Crippen LogP contribution < -0.4 is 5.32 Å². The van der Waals surface area contributed by atoms with Gasteiger partial charge in [0.2, 0.25) is 0 Å². The molecular formula is C16H18FNO. The van der Waals surface area contributed by atoms with Crippen LogP contribution in [0, 0.1) is 5.82 Å². The summed E-state index contributed by atoms with van der Waals surface area (Å²) in [6.45, 7) is 0.914. The van der Waals surface area contributed by atoms with E-state index >= 15 is 0 Å². The molecule has 2 nitrogen and oxygen atoms in total. The molecule has 1 N–H and O–H groups in total. The van der Waals surface area contributed by atoms with Crippen LogP contribution in [0.4, 0.5) is 4.39 Å². The van der Waals surface area contributed by atoms with Crippen molar-refractivity contribution in [1.29, 1.82) is 0 Å². The predicted molar refractivity (Wildman–Crippen MR) is 72.6 cm³/mol. The van der Waals surface area contributed by atoms with Crippen molar-refractivity contribution in [3.63, 3.8) is 0 Å². The number of nitrogens with one attached hydrogen (secondary N) is 1. The van der Waals surface area contributed by atoms with E-state index in [0.29, 0.717) is 12.0 Å². The molecule has 1 heterocycles. The largest absolute Gasteiger partial charge is 0.469 e. The molecule has 0 aliphatic heterocycles. The van der Waals surface area contributed by atoms with E-state index in [2.05, 4.69) is 5.32 Å². The zero-order chi connectivity index (χ0) is 13.1. The Hall–Kier alpha value is -1.61. The van der Waals surface area contributed by atoms with Gasteiger partial charge in [-0.2, -0.15) is 0 Å². The summed E-state index contributed by atoms with van der Waals surface area (Å²) in [5.74, 6) is 1.12. The van der Waals surface area contributed by atoms with Crippen molar-refractivity contribution in [1.82, 2.24) is 5.32 Å².